The lowest BCUT2D eigenvalue weighted by Gasteiger charge is -2.21. The Balaban J connectivity index is 2.61. The Labute approximate surface area is 84.4 Å². The molecule has 0 aliphatic heterocycles. The third kappa shape index (κ3) is 1.39. The van der Waals surface area contributed by atoms with Gasteiger partial charge in [-0.1, -0.05) is 6.92 Å². The number of aromatic nitrogens is 1. The molecule has 1 aromatic heterocycles. The van der Waals surface area contributed by atoms with E-state index in [4.69, 9.17) is 0 Å². The van der Waals surface area contributed by atoms with Crippen LogP contribution in [-0.4, -0.2) is 4.98 Å². The number of aryl methyl sites for hydroxylation is 2. The Bertz CT molecular complexity index is 417. The van der Waals surface area contributed by atoms with Crippen LogP contribution < -0.4 is 5.43 Å². The van der Waals surface area contributed by atoms with Gasteiger partial charge < -0.3 is 4.98 Å². The first-order valence-corrected chi connectivity index (χ1v) is 5.31. The van der Waals surface area contributed by atoms with Gasteiger partial charge in [-0.2, -0.15) is 0 Å². The van der Waals surface area contributed by atoms with E-state index < -0.39 is 0 Å². The number of fused-ring (bicyclic) bond motifs is 1. The number of pyridine rings is 1. The predicted octanol–water partition coefficient (Wildman–Crippen LogP) is 2.12. The highest BCUT2D eigenvalue weighted by Crippen LogP contribution is 2.22. The molecule has 0 spiro atoms. The van der Waals surface area contributed by atoms with E-state index in [1.54, 1.807) is 0 Å². The van der Waals surface area contributed by atoms with Crippen molar-refractivity contribution in [3.8, 4) is 0 Å². The quantitative estimate of drug-likeness (QED) is 0.669. The molecule has 0 amide bonds. The lowest BCUT2D eigenvalue weighted by molar-refractivity contribution is 0.490. The number of rotatable bonds is 0. The predicted molar refractivity (Wildman–Crippen MR) is 57.7 cm³/mol. The zero-order valence-electron chi connectivity index (χ0n) is 9.11. The largest absolute Gasteiger partial charge is 0.362 e. The van der Waals surface area contributed by atoms with E-state index in [-0.39, 0.29) is 5.43 Å². The fourth-order valence-electron chi connectivity index (χ4n) is 2.20. The van der Waals surface area contributed by atoms with Gasteiger partial charge in [0.15, 0.2) is 5.43 Å². The summed E-state index contributed by atoms with van der Waals surface area (Å²) in [6.07, 6.45) is 3.18. The minimum Gasteiger partial charge on any atom is -0.362 e. The normalized spacial score (nSPS) is 20.6. The number of hydrogen-bond donors (Lipinski definition) is 1. The second-order valence-corrected chi connectivity index (χ2v) is 4.51. The summed E-state index contributed by atoms with van der Waals surface area (Å²) in [4.78, 5) is 15.3. The molecule has 0 saturated heterocycles. The fourth-order valence-corrected chi connectivity index (χ4v) is 2.20. The summed E-state index contributed by atoms with van der Waals surface area (Å²) < 4.78 is 0. The zero-order chi connectivity index (χ0) is 10.3. The minimum absolute atomic E-state index is 0.266. The molecule has 0 fully saturated rings. The minimum atomic E-state index is 0.266. The maximum Gasteiger partial charge on any atom is 0.188 e. The van der Waals surface area contributed by atoms with Crippen molar-refractivity contribution in [2.24, 2.45) is 5.92 Å². The van der Waals surface area contributed by atoms with Crippen molar-refractivity contribution in [2.45, 2.75) is 40.0 Å². The van der Waals surface area contributed by atoms with Gasteiger partial charge in [-0.15, -0.1) is 0 Å². The molecule has 2 heteroatoms. The summed E-state index contributed by atoms with van der Waals surface area (Å²) in [7, 11) is 0. The first kappa shape index (κ1) is 9.50. The molecule has 76 valence electrons. The van der Waals surface area contributed by atoms with E-state index in [2.05, 4.69) is 11.9 Å². The molecule has 2 rings (SSSR count). The van der Waals surface area contributed by atoms with Gasteiger partial charge in [-0.25, -0.2) is 0 Å². The Morgan fingerprint density at radius 3 is 2.79 bits per heavy atom. The van der Waals surface area contributed by atoms with Gasteiger partial charge in [-0.05, 0) is 39.0 Å². The molecular formula is C12H17NO. The average Bonchev–Trinajstić information content (AvgIpc) is 2.16. The molecule has 0 radical (unpaired) electrons. The molecule has 1 unspecified atom stereocenters. The van der Waals surface area contributed by atoms with Crippen LogP contribution in [-0.2, 0) is 12.8 Å². The molecule has 1 atom stereocenters. The lowest BCUT2D eigenvalue weighted by Crippen LogP contribution is -2.24. The van der Waals surface area contributed by atoms with Crippen molar-refractivity contribution >= 4 is 0 Å². The molecule has 0 aromatic carbocycles. The molecule has 1 heterocycles. The SMILES string of the molecule is Cc1[nH]c2c(c(=O)c1C)CC(C)CC2. The van der Waals surface area contributed by atoms with E-state index in [1.807, 2.05) is 13.8 Å². The van der Waals surface area contributed by atoms with Gasteiger partial charge in [0.2, 0.25) is 0 Å². The van der Waals surface area contributed by atoms with Crippen molar-refractivity contribution in [2.75, 3.05) is 0 Å². The van der Waals surface area contributed by atoms with Crippen LogP contribution in [0.4, 0.5) is 0 Å². The van der Waals surface area contributed by atoms with Gasteiger partial charge in [-0.3, -0.25) is 4.79 Å². The summed E-state index contributed by atoms with van der Waals surface area (Å²) in [6, 6.07) is 0. The Hall–Kier alpha value is -1.05. The van der Waals surface area contributed by atoms with Crippen LogP contribution >= 0.6 is 0 Å². The summed E-state index contributed by atoms with van der Waals surface area (Å²) in [6.45, 7) is 6.11. The second-order valence-electron chi connectivity index (χ2n) is 4.51. The lowest BCUT2D eigenvalue weighted by atomic mass is 9.87. The molecule has 0 bridgehead atoms. The van der Waals surface area contributed by atoms with Gasteiger partial charge in [0, 0.05) is 22.5 Å². The average molecular weight is 191 g/mol. The second kappa shape index (κ2) is 3.26. The maximum atomic E-state index is 12.0. The summed E-state index contributed by atoms with van der Waals surface area (Å²) in [5, 5.41) is 0. The third-order valence-electron chi connectivity index (χ3n) is 3.32. The zero-order valence-corrected chi connectivity index (χ0v) is 9.11. The highest BCUT2D eigenvalue weighted by molar-refractivity contribution is 5.31. The maximum absolute atomic E-state index is 12.0. The van der Waals surface area contributed by atoms with Crippen molar-refractivity contribution in [1.29, 1.82) is 0 Å². The van der Waals surface area contributed by atoms with Crippen LogP contribution in [0, 0.1) is 19.8 Å². The molecule has 2 nitrogen and oxygen atoms in total. The summed E-state index contributed by atoms with van der Waals surface area (Å²) >= 11 is 0. The topological polar surface area (TPSA) is 32.9 Å². The first-order valence-electron chi connectivity index (χ1n) is 5.31. The monoisotopic (exact) mass is 191 g/mol. The summed E-state index contributed by atoms with van der Waals surface area (Å²) in [5.41, 5.74) is 4.40. The standard InChI is InChI=1S/C12H17NO/c1-7-4-5-11-10(6-7)12(14)8(2)9(3)13-11/h7H,4-6H2,1-3H3,(H,13,14). The molecular weight excluding hydrogens is 174 g/mol. The van der Waals surface area contributed by atoms with E-state index in [1.165, 1.54) is 12.1 Å². The van der Waals surface area contributed by atoms with Gasteiger partial charge in [0.1, 0.15) is 0 Å². The number of hydrogen-bond acceptors (Lipinski definition) is 1. The van der Waals surface area contributed by atoms with Crippen LogP contribution in [0.5, 0.6) is 0 Å². The summed E-state index contributed by atoms with van der Waals surface area (Å²) in [5.74, 6) is 0.658. The van der Waals surface area contributed by atoms with Crippen LogP contribution in [0.1, 0.15) is 35.9 Å². The molecule has 1 aliphatic rings. The van der Waals surface area contributed by atoms with Crippen LogP contribution in [0.2, 0.25) is 0 Å². The fraction of sp³-hybridized carbons (Fsp3) is 0.583. The van der Waals surface area contributed by atoms with Crippen LogP contribution in [0.3, 0.4) is 0 Å². The number of nitrogens with one attached hydrogen (secondary N) is 1. The van der Waals surface area contributed by atoms with E-state index in [9.17, 15) is 4.79 Å². The highest BCUT2D eigenvalue weighted by atomic mass is 16.1. The van der Waals surface area contributed by atoms with E-state index in [0.717, 1.165) is 29.7 Å². The number of aromatic amines is 1. The van der Waals surface area contributed by atoms with Crippen LogP contribution in [0.25, 0.3) is 0 Å². The molecule has 1 aliphatic carbocycles. The van der Waals surface area contributed by atoms with E-state index in [0.29, 0.717) is 5.92 Å². The van der Waals surface area contributed by atoms with Crippen molar-refractivity contribution < 1.29 is 0 Å². The van der Waals surface area contributed by atoms with Crippen molar-refractivity contribution in [3.05, 3.63) is 32.7 Å². The van der Waals surface area contributed by atoms with Crippen molar-refractivity contribution in [3.63, 3.8) is 0 Å². The number of H-pyrrole nitrogens is 1. The Morgan fingerprint density at radius 1 is 1.36 bits per heavy atom. The molecule has 1 N–H and O–H groups in total. The Morgan fingerprint density at radius 2 is 2.07 bits per heavy atom. The molecule has 1 aromatic rings. The van der Waals surface area contributed by atoms with Crippen molar-refractivity contribution in [1.82, 2.24) is 4.98 Å². The molecule has 0 saturated carbocycles. The highest BCUT2D eigenvalue weighted by Gasteiger charge is 2.19. The van der Waals surface area contributed by atoms with Crippen LogP contribution in [0.15, 0.2) is 4.79 Å². The Kier molecular flexibility index (Phi) is 2.22. The third-order valence-corrected chi connectivity index (χ3v) is 3.32. The first-order chi connectivity index (χ1) is 6.59. The molecule has 14 heavy (non-hydrogen) atoms. The van der Waals surface area contributed by atoms with Gasteiger partial charge in [0.25, 0.3) is 0 Å². The smallest absolute Gasteiger partial charge is 0.188 e. The van der Waals surface area contributed by atoms with Gasteiger partial charge >= 0.3 is 0 Å². The van der Waals surface area contributed by atoms with Gasteiger partial charge in [0.05, 0.1) is 0 Å². The van der Waals surface area contributed by atoms with E-state index >= 15 is 0 Å².